The van der Waals surface area contributed by atoms with Crippen molar-refractivity contribution in [1.82, 2.24) is 14.5 Å². The van der Waals surface area contributed by atoms with Gasteiger partial charge in [0.25, 0.3) is 11.5 Å². The average Bonchev–Trinajstić information content (AvgIpc) is 2.83. The molecule has 0 bridgehead atoms. The van der Waals surface area contributed by atoms with Crippen molar-refractivity contribution in [1.29, 1.82) is 0 Å². The highest BCUT2D eigenvalue weighted by molar-refractivity contribution is 5.79. The van der Waals surface area contributed by atoms with Crippen LogP contribution in [0.1, 0.15) is 24.4 Å². The van der Waals surface area contributed by atoms with Gasteiger partial charge in [-0.15, -0.1) is 0 Å². The molecule has 0 N–H and O–H groups in total. The quantitative estimate of drug-likeness (QED) is 0.460. The number of fused-ring (bicyclic) bond motifs is 1. The lowest BCUT2D eigenvalue weighted by Crippen LogP contribution is -2.37. The Kier molecular flexibility index (Phi) is 6.03. The summed E-state index contributed by atoms with van der Waals surface area (Å²) in [5, 5.41) is 0.535. The maximum absolute atomic E-state index is 13.5. The summed E-state index contributed by atoms with van der Waals surface area (Å²) in [5.74, 6) is 0.918. The first-order chi connectivity index (χ1) is 15.5. The summed E-state index contributed by atoms with van der Waals surface area (Å²) in [7, 11) is 1.70. The molecule has 4 rings (SSSR count). The molecule has 0 radical (unpaired) electrons. The fraction of sp³-hybridized carbons (Fsp3) is 0.192. The molecule has 0 aliphatic heterocycles. The number of para-hydroxylation sites is 3. The van der Waals surface area contributed by atoms with Crippen molar-refractivity contribution >= 4 is 16.8 Å². The highest BCUT2D eigenvalue weighted by Crippen LogP contribution is 2.23. The Morgan fingerprint density at radius 3 is 2.41 bits per heavy atom. The molecule has 0 saturated heterocycles. The minimum atomic E-state index is -0.459. The van der Waals surface area contributed by atoms with Crippen LogP contribution in [0.5, 0.6) is 5.75 Å². The molecule has 3 aromatic carbocycles. The first kappa shape index (κ1) is 21.3. The van der Waals surface area contributed by atoms with E-state index < -0.39 is 6.04 Å². The molecule has 1 aromatic heterocycles. The van der Waals surface area contributed by atoms with Crippen LogP contribution in [0.15, 0.2) is 83.7 Å². The highest BCUT2D eigenvalue weighted by Gasteiger charge is 2.25. The third-order valence-electron chi connectivity index (χ3n) is 5.61. The van der Waals surface area contributed by atoms with Crippen LogP contribution in [-0.2, 0) is 4.79 Å². The monoisotopic (exact) mass is 427 g/mol. The number of hydrogen-bond donors (Lipinski definition) is 0. The molecule has 0 spiro atoms. The predicted octanol–water partition coefficient (Wildman–Crippen LogP) is 4.29. The van der Waals surface area contributed by atoms with Gasteiger partial charge in [0.15, 0.2) is 6.61 Å². The van der Waals surface area contributed by atoms with Crippen LogP contribution >= 0.6 is 0 Å². The number of ether oxygens (including phenoxy) is 1. The van der Waals surface area contributed by atoms with Crippen LogP contribution in [0, 0.1) is 6.92 Å². The van der Waals surface area contributed by atoms with E-state index in [0.29, 0.717) is 22.5 Å². The summed E-state index contributed by atoms with van der Waals surface area (Å²) < 4.78 is 7.24. The largest absolute Gasteiger partial charge is 0.484 e. The van der Waals surface area contributed by atoms with Crippen molar-refractivity contribution in [2.45, 2.75) is 19.9 Å². The maximum Gasteiger partial charge on any atom is 0.266 e. The van der Waals surface area contributed by atoms with Gasteiger partial charge in [0.1, 0.15) is 11.6 Å². The second-order valence-corrected chi connectivity index (χ2v) is 7.70. The Hall–Kier alpha value is -3.93. The molecule has 0 fully saturated rings. The second kappa shape index (κ2) is 9.06. The minimum Gasteiger partial charge on any atom is -0.484 e. The summed E-state index contributed by atoms with van der Waals surface area (Å²) >= 11 is 0. The Morgan fingerprint density at radius 1 is 1.00 bits per heavy atom. The number of benzene rings is 3. The number of carbonyl (C=O) groups is 1. The molecule has 6 heteroatoms. The van der Waals surface area contributed by atoms with Gasteiger partial charge in [0, 0.05) is 7.05 Å². The molecule has 1 atom stereocenters. The van der Waals surface area contributed by atoms with Gasteiger partial charge in [-0.05, 0) is 49.7 Å². The SMILES string of the molecule is Cc1ccccc1-n1c(C(C)N(C)C(=O)COc2ccccc2)nc2ccccc2c1=O. The van der Waals surface area contributed by atoms with E-state index >= 15 is 0 Å². The lowest BCUT2D eigenvalue weighted by Gasteiger charge is -2.27. The number of carbonyl (C=O) groups excluding carboxylic acids is 1. The molecule has 1 unspecified atom stereocenters. The zero-order chi connectivity index (χ0) is 22.7. The van der Waals surface area contributed by atoms with Crippen LogP contribution in [0.4, 0.5) is 0 Å². The Balaban J connectivity index is 1.74. The summed E-state index contributed by atoms with van der Waals surface area (Å²) in [4.78, 5) is 32.8. The van der Waals surface area contributed by atoms with Gasteiger partial charge in [-0.3, -0.25) is 14.2 Å². The Bertz CT molecular complexity index is 1310. The number of amides is 1. The van der Waals surface area contributed by atoms with Crippen LogP contribution < -0.4 is 10.3 Å². The lowest BCUT2D eigenvalue weighted by atomic mass is 10.1. The molecular formula is C26H25N3O3. The van der Waals surface area contributed by atoms with E-state index in [-0.39, 0.29) is 18.1 Å². The van der Waals surface area contributed by atoms with Crippen LogP contribution in [0.2, 0.25) is 0 Å². The van der Waals surface area contributed by atoms with Gasteiger partial charge in [0.05, 0.1) is 22.6 Å². The Labute approximate surface area is 186 Å². The van der Waals surface area contributed by atoms with E-state index in [4.69, 9.17) is 9.72 Å². The molecule has 162 valence electrons. The standard InChI is InChI=1S/C26H25N3O3/c1-18-11-7-10-16-23(18)29-25(27-22-15-9-8-14-21(22)26(29)31)19(2)28(3)24(30)17-32-20-12-5-4-6-13-20/h4-16,19H,17H2,1-3H3. The van der Waals surface area contributed by atoms with Gasteiger partial charge >= 0.3 is 0 Å². The van der Waals surface area contributed by atoms with E-state index in [2.05, 4.69) is 0 Å². The van der Waals surface area contributed by atoms with Gasteiger partial charge in [-0.1, -0.05) is 48.5 Å². The van der Waals surface area contributed by atoms with Crippen molar-refractivity contribution in [3.8, 4) is 11.4 Å². The maximum atomic E-state index is 13.5. The van der Waals surface area contributed by atoms with E-state index in [1.807, 2.05) is 74.5 Å². The normalized spacial score (nSPS) is 11.8. The van der Waals surface area contributed by atoms with E-state index in [0.717, 1.165) is 11.3 Å². The van der Waals surface area contributed by atoms with Crippen LogP contribution in [-0.4, -0.2) is 34.0 Å². The molecule has 0 saturated carbocycles. The fourth-order valence-electron chi connectivity index (χ4n) is 3.63. The van der Waals surface area contributed by atoms with E-state index in [1.54, 1.807) is 34.7 Å². The van der Waals surface area contributed by atoms with Crippen LogP contribution in [0.25, 0.3) is 16.6 Å². The Morgan fingerprint density at radius 2 is 1.66 bits per heavy atom. The average molecular weight is 428 g/mol. The van der Waals surface area contributed by atoms with Crippen molar-refractivity contribution in [2.24, 2.45) is 0 Å². The van der Waals surface area contributed by atoms with E-state index in [9.17, 15) is 9.59 Å². The topological polar surface area (TPSA) is 64.4 Å². The number of likely N-dealkylation sites (N-methyl/N-ethyl adjacent to an activating group) is 1. The second-order valence-electron chi connectivity index (χ2n) is 7.70. The molecule has 6 nitrogen and oxygen atoms in total. The summed E-state index contributed by atoms with van der Waals surface area (Å²) in [6, 6.07) is 23.7. The predicted molar refractivity (Wildman–Crippen MR) is 125 cm³/mol. The number of rotatable bonds is 6. The van der Waals surface area contributed by atoms with Crippen molar-refractivity contribution in [3.63, 3.8) is 0 Å². The minimum absolute atomic E-state index is 0.104. The number of nitrogens with zero attached hydrogens (tertiary/aromatic N) is 3. The molecule has 0 aliphatic carbocycles. The lowest BCUT2D eigenvalue weighted by molar-refractivity contribution is -0.134. The molecule has 1 heterocycles. The third-order valence-corrected chi connectivity index (χ3v) is 5.61. The number of aromatic nitrogens is 2. The smallest absolute Gasteiger partial charge is 0.266 e. The summed E-state index contributed by atoms with van der Waals surface area (Å²) in [6.07, 6.45) is 0. The van der Waals surface area contributed by atoms with E-state index in [1.165, 1.54) is 0 Å². The fourth-order valence-corrected chi connectivity index (χ4v) is 3.63. The van der Waals surface area contributed by atoms with Gasteiger partial charge in [0.2, 0.25) is 0 Å². The molecular weight excluding hydrogens is 402 g/mol. The first-order valence-corrected chi connectivity index (χ1v) is 10.5. The summed E-state index contributed by atoms with van der Waals surface area (Å²) in [5.41, 5.74) is 2.14. The van der Waals surface area contributed by atoms with Gasteiger partial charge in [-0.2, -0.15) is 0 Å². The first-order valence-electron chi connectivity index (χ1n) is 10.5. The van der Waals surface area contributed by atoms with Gasteiger partial charge < -0.3 is 9.64 Å². The van der Waals surface area contributed by atoms with Crippen molar-refractivity contribution in [2.75, 3.05) is 13.7 Å². The third kappa shape index (κ3) is 4.12. The molecule has 4 aromatic rings. The molecule has 1 amide bonds. The molecule has 0 aliphatic rings. The van der Waals surface area contributed by atoms with Gasteiger partial charge in [-0.25, -0.2) is 4.98 Å². The van der Waals surface area contributed by atoms with Crippen molar-refractivity contribution in [3.05, 3.63) is 101 Å². The zero-order valence-electron chi connectivity index (χ0n) is 18.4. The van der Waals surface area contributed by atoms with Crippen molar-refractivity contribution < 1.29 is 9.53 Å². The molecule has 32 heavy (non-hydrogen) atoms. The summed E-state index contributed by atoms with van der Waals surface area (Å²) in [6.45, 7) is 3.72. The number of hydrogen-bond acceptors (Lipinski definition) is 4. The number of aryl methyl sites for hydroxylation is 1. The highest BCUT2D eigenvalue weighted by atomic mass is 16.5. The zero-order valence-corrected chi connectivity index (χ0v) is 18.4. The van der Waals surface area contributed by atoms with Crippen LogP contribution in [0.3, 0.4) is 0 Å².